The number of nitrogens with zero attached hydrogens (tertiary/aromatic N) is 6. The van der Waals surface area contributed by atoms with Crippen LogP contribution in [0.5, 0.6) is 0 Å². The molecule has 164 valence electrons. The van der Waals surface area contributed by atoms with E-state index in [1.54, 1.807) is 17.6 Å². The number of halogens is 2. The van der Waals surface area contributed by atoms with Crippen LogP contribution in [0.15, 0.2) is 35.6 Å². The molecule has 5 heterocycles. The highest BCUT2D eigenvalue weighted by Gasteiger charge is 2.30. The third-order valence-electron chi connectivity index (χ3n) is 6.25. The minimum absolute atomic E-state index is 0. The normalized spacial score (nSPS) is 23.5. The quantitative estimate of drug-likeness (QED) is 0.659. The molecule has 1 saturated heterocycles. The van der Waals surface area contributed by atoms with Crippen molar-refractivity contribution in [2.45, 2.75) is 38.7 Å². The smallest absolute Gasteiger partial charge is 0.241 e. The maximum atomic E-state index is 13.1. The molecule has 5 rings (SSSR count). The van der Waals surface area contributed by atoms with Gasteiger partial charge in [0.05, 0.1) is 28.8 Å². The van der Waals surface area contributed by atoms with Crippen molar-refractivity contribution in [3.63, 3.8) is 0 Å². The molecule has 3 aromatic heterocycles. The van der Waals surface area contributed by atoms with Crippen molar-refractivity contribution in [2.75, 3.05) is 25.5 Å². The van der Waals surface area contributed by atoms with Gasteiger partial charge in [0.15, 0.2) is 0 Å². The molecule has 3 atom stereocenters. The maximum Gasteiger partial charge on any atom is 0.241 e. The first-order valence-corrected chi connectivity index (χ1v) is 10.5. The van der Waals surface area contributed by atoms with Crippen LogP contribution >= 0.6 is 0 Å². The van der Waals surface area contributed by atoms with Crippen LogP contribution in [0.2, 0.25) is 0 Å². The zero-order chi connectivity index (χ0) is 21.7. The van der Waals surface area contributed by atoms with E-state index in [1.807, 2.05) is 24.4 Å². The van der Waals surface area contributed by atoms with E-state index in [1.165, 1.54) is 0 Å². The van der Waals surface area contributed by atoms with Crippen LogP contribution in [0.25, 0.3) is 16.8 Å². The number of alkyl halides is 2. The number of hydrogen-bond acceptors (Lipinski definition) is 6. The predicted molar refractivity (Wildman–Crippen MR) is 119 cm³/mol. The Morgan fingerprint density at radius 1 is 1.26 bits per heavy atom. The van der Waals surface area contributed by atoms with E-state index in [-0.39, 0.29) is 7.85 Å². The number of pyridine rings is 1. The largest absolute Gasteiger partial charge is 0.349 e. The molecule has 2 aliphatic rings. The van der Waals surface area contributed by atoms with Gasteiger partial charge in [0.25, 0.3) is 0 Å². The van der Waals surface area contributed by atoms with Gasteiger partial charge in [0, 0.05) is 50.4 Å². The van der Waals surface area contributed by atoms with Crippen LogP contribution in [0.4, 0.5) is 20.4 Å². The van der Waals surface area contributed by atoms with Crippen molar-refractivity contribution < 1.29 is 10.2 Å². The molecule has 0 spiro atoms. The van der Waals surface area contributed by atoms with Crippen molar-refractivity contribution in [3.8, 4) is 11.3 Å². The Labute approximate surface area is 180 Å². The lowest BCUT2D eigenvalue weighted by Crippen LogP contribution is -2.28. The molecule has 0 bridgehead atoms. The predicted octanol–water partition coefficient (Wildman–Crippen LogP) is 4.24. The summed E-state index contributed by atoms with van der Waals surface area (Å²) in [5.41, 5.74) is 4.37. The van der Waals surface area contributed by atoms with E-state index in [0.717, 1.165) is 24.2 Å². The van der Waals surface area contributed by atoms with Gasteiger partial charge < -0.3 is 10.2 Å². The van der Waals surface area contributed by atoms with Gasteiger partial charge >= 0.3 is 0 Å². The average molecular weight is 428 g/mol. The second kappa shape index (κ2) is 7.64. The Morgan fingerprint density at radius 2 is 2.10 bits per heavy atom. The highest BCUT2D eigenvalue weighted by molar-refractivity contribution is 5.96. The number of aromatic nitrogens is 4. The molecule has 2 aliphatic heterocycles. The van der Waals surface area contributed by atoms with Crippen molar-refractivity contribution in [1.82, 2.24) is 24.5 Å². The van der Waals surface area contributed by atoms with Crippen LogP contribution in [0, 0.1) is 5.92 Å². The number of likely N-dealkylation sites (tertiary alicyclic amines) is 1. The van der Waals surface area contributed by atoms with Crippen LogP contribution in [-0.2, 0) is 0 Å². The second-order valence-corrected chi connectivity index (χ2v) is 8.62. The van der Waals surface area contributed by atoms with E-state index in [4.69, 9.17) is 4.98 Å². The fourth-order valence-electron chi connectivity index (χ4n) is 4.64. The molecule has 1 N–H and O–H groups in total. The van der Waals surface area contributed by atoms with Gasteiger partial charge in [0.1, 0.15) is 0 Å². The van der Waals surface area contributed by atoms with E-state index in [0.29, 0.717) is 40.7 Å². The van der Waals surface area contributed by atoms with Gasteiger partial charge in [-0.3, -0.25) is 4.99 Å². The van der Waals surface area contributed by atoms with Gasteiger partial charge in [-0.05, 0) is 38.1 Å². The number of hydrogen-bond donors (Lipinski definition) is 1. The molecule has 0 saturated carbocycles. The molecular formula is C22H27F2N7. The summed E-state index contributed by atoms with van der Waals surface area (Å²) in [6.07, 6.45) is 0.988. The monoisotopic (exact) mass is 427 g/mol. The third kappa shape index (κ3) is 3.67. The van der Waals surface area contributed by atoms with Crippen LogP contribution in [0.3, 0.4) is 0 Å². The Bertz CT molecular complexity index is 1160. The molecule has 0 aromatic carbocycles. The van der Waals surface area contributed by atoms with E-state index >= 15 is 0 Å². The number of nitrogens with one attached hydrogen (secondary N) is 1. The van der Waals surface area contributed by atoms with E-state index in [2.05, 4.69) is 39.3 Å². The Hall–Kier alpha value is -2.94. The summed E-state index contributed by atoms with van der Waals surface area (Å²) in [5.74, 6) is 0.666. The fraction of sp³-hybridized carbons (Fsp3) is 0.455. The van der Waals surface area contributed by atoms with Gasteiger partial charge in [-0.25, -0.2) is 23.3 Å². The standard InChI is InChI=1S/C22H25F2N7.H2/c1-12-10-30(3)11-18(12)28-22-25-9-19-14(6-7-31(19)29-22)16-4-5-17-21(27-16)15(8-20(23)24)13(2)26-17;/h4-7,9,12,15,18,20H,8,10-11H2,1-3H3,(H,28,29);1H/t12-,15?,18+;/m1./s1. The lowest BCUT2D eigenvalue weighted by atomic mass is 9.97. The van der Waals surface area contributed by atoms with Crippen LogP contribution in [-0.4, -0.2) is 62.8 Å². The van der Waals surface area contributed by atoms with E-state index in [9.17, 15) is 8.78 Å². The number of rotatable bonds is 5. The molecule has 0 amide bonds. The van der Waals surface area contributed by atoms with Crippen molar-refractivity contribution in [2.24, 2.45) is 10.9 Å². The molecule has 1 unspecified atom stereocenters. The molecule has 1 fully saturated rings. The maximum absolute atomic E-state index is 13.1. The highest BCUT2D eigenvalue weighted by Crippen LogP contribution is 2.39. The number of likely N-dealkylation sites (N-methyl/N-ethyl adjacent to an activating group) is 1. The minimum atomic E-state index is -2.40. The summed E-state index contributed by atoms with van der Waals surface area (Å²) >= 11 is 0. The van der Waals surface area contributed by atoms with Gasteiger partial charge in [0.2, 0.25) is 12.4 Å². The van der Waals surface area contributed by atoms with Crippen molar-refractivity contribution in [1.29, 1.82) is 0 Å². The van der Waals surface area contributed by atoms with Gasteiger partial charge in [-0.15, -0.1) is 5.10 Å². The van der Waals surface area contributed by atoms with Gasteiger partial charge in [-0.2, -0.15) is 0 Å². The summed E-state index contributed by atoms with van der Waals surface area (Å²) in [7, 11) is 2.11. The first-order valence-electron chi connectivity index (χ1n) is 10.5. The van der Waals surface area contributed by atoms with Crippen molar-refractivity contribution >= 4 is 22.9 Å². The summed E-state index contributed by atoms with van der Waals surface area (Å²) in [4.78, 5) is 15.9. The SMILES string of the molecule is CC1=Nc2ccc(-c3ccn4nc(N[C@H]5CN(C)C[C@H]5C)ncc34)nc2C1CC(F)F.[HH]. The topological polar surface area (TPSA) is 70.7 Å². The molecule has 3 aromatic rings. The first kappa shape index (κ1) is 20.0. The lowest BCUT2D eigenvalue weighted by molar-refractivity contribution is 0.135. The molecule has 0 radical (unpaired) electrons. The number of anilines is 1. The Kier molecular flexibility index (Phi) is 4.92. The summed E-state index contributed by atoms with van der Waals surface area (Å²) < 4.78 is 27.9. The molecule has 31 heavy (non-hydrogen) atoms. The first-order chi connectivity index (χ1) is 14.9. The number of aliphatic imine (C=N–C) groups is 1. The molecule has 0 aliphatic carbocycles. The Morgan fingerprint density at radius 3 is 2.84 bits per heavy atom. The molecular weight excluding hydrogens is 400 g/mol. The Balaban J connectivity index is 0.00000245. The second-order valence-electron chi connectivity index (χ2n) is 8.62. The fourth-order valence-corrected chi connectivity index (χ4v) is 4.64. The summed E-state index contributed by atoms with van der Waals surface area (Å²) in [5, 5.41) is 8.05. The highest BCUT2D eigenvalue weighted by atomic mass is 19.3. The van der Waals surface area contributed by atoms with E-state index < -0.39 is 12.3 Å². The van der Waals surface area contributed by atoms with Crippen LogP contribution in [0.1, 0.15) is 33.3 Å². The minimum Gasteiger partial charge on any atom is -0.349 e. The molecule has 7 nitrogen and oxygen atoms in total. The summed E-state index contributed by atoms with van der Waals surface area (Å²) in [6, 6.07) is 5.97. The zero-order valence-corrected chi connectivity index (χ0v) is 17.8. The molecule has 9 heteroatoms. The third-order valence-corrected chi connectivity index (χ3v) is 6.25. The van der Waals surface area contributed by atoms with Crippen LogP contribution < -0.4 is 5.32 Å². The summed E-state index contributed by atoms with van der Waals surface area (Å²) in [6.45, 7) is 6.01. The number of fused-ring (bicyclic) bond motifs is 2. The zero-order valence-electron chi connectivity index (χ0n) is 17.8. The lowest BCUT2D eigenvalue weighted by Gasteiger charge is -2.16. The van der Waals surface area contributed by atoms with Gasteiger partial charge in [-0.1, -0.05) is 6.92 Å². The average Bonchev–Trinajstić information content (AvgIpc) is 3.37. The van der Waals surface area contributed by atoms with Crippen molar-refractivity contribution in [3.05, 3.63) is 36.3 Å².